The van der Waals surface area contributed by atoms with Crippen molar-refractivity contribution in [2.24, 2.45) is 11.3 Å². The number of ether oxygens (including phenoxy) is 2. The Balaban J connectivity index is 2.14. The van der Waals surface area contributed by atoms with Crippen LogP contribution in [0.25, 0.3) is 0 Å². The van der Waals surface area contributed by atoms with Crippen LogP contribution in [-0.2, 0) is 27.9 Å². The standard InChI is InChI=1S/C38H56O6Si2/c1-29-26-38(34(40)41-10,44-30(2)39)37(9,24-19-25-42-45(11,12)35(3,4)5)27-31(29)28-43-46(36(6,7)8,32-20-15-13-16-21-32)33-22-17-14-18-23-33/h13-24,27,29H,25-26,28H2,1-12H3/b24-19+/t29-,37-,38+/m0/s1. The lowest BCUT2D eigenvalue weighted by atomic mass is 9.62. The van der Waals surface area contributed by atoms with E-state index in [1.807, 2.05) is 31.2 Å². The highest BCUT2D eigenvalue weighted by molar-refractivity contribution is 6.99. The van der Waals surface area contributed by atoms with E-state index in [1.54, 1.807) is 0 Å². The Morgan fingerprint density at radius 1 is 0.891 bits per heavy atom. The smallest absolute Gasteiger partial charge is 0.351 e. The zero-order chi connectivity index (χ0) is 34.6. The molecule has 252 valence electrons. The summed E-state index contributed by atoms with van der Waals surface area (Å²) in [6.45, 7) is 23.9. The first-order valence-electron chi connectivity index (χ1n) is 16.3. The predicted octanol–water partition coefficient (Wildman–Crippen LogP) is 7.59. The molecule has 2 aromatic rings. The lowest BCUT2D eigenvalue weighted by Gasteiger charge is -2.48. The summed E-state index contributed by atoms with van der Waals surface area (Å²) in [5.74, 6) is -1.23. The van der Waals surface area contributed by atoms with Crippen molar-refractivity contribution >= 4 is 38.9 Å². The molecule has 0 fully saturated rings. The number of hydrogen-bond donors (Lipinski definition) is 0. The van der Waals surface area contributed by atoms with E-state index >= 15 is 0 Å². The van der Waals surface area contributed by atoms with Crippen LogP contribution >= 0.6 is 0 Å². The van der Waals surface area contributed by atoms with Gasteiger partial charge in [0.15, 0.2) is 8.32 Å². The van der Waals surface area contributed by atoms with E-state index in [-0.39, 0.29) is 22.4 Å². The van der Waals surface area contributed by atoms with E-state index in [2.05, 4.69) is 116 Å². The Bertz CT molecular complexity index is 1360. The van der Waals surface area contributed by atoms with E-state index in [0.717, 1.165) is 5.57 Å². The number of esters is 2. The van der Waals surface area contributed by atoms with Crippen molar-refractivity contribution in [1.82, 2.24) is 0 Å². The van der Waals surface area contributed by atoms with Gasteiger partial charge in [-0.1, -0.05) is 127 Å². The minimum atomic E-state index is -2.82. The van der Waals surface area contributed by atoms with Crippen molar-refractivity contribution in [3.8, 4) is 0 Å². The lowest BCUT2D eigenvalue weighted by molar-refractivity contribution is -0.193. The SMILES string of the molecule is COC(=O)[C@]1(OC(C)=O)C[C@H](C)C(CO[Si](c2ccccc2)(c2ccccc2)C(C)(C)C)=C[C@]1(C)/C=C/CO[Si](C)(C)C(C)(C)C. The van der Waals surface area contributed by atoms with Gasteiger partial charge in [0, 0.05) is 13.3 Å². The Kier molecular flexibility index (Phi) is 11.6. The Labute approximate surface area is 279 Å². The second-order valence-corrected chi connectivity index (χ2v) is 24.6. The molecule has 6 nitrogen and oxygen atoms in total. The zero-order valence-electron chi connectivity index (χ0n) is 30.2. The molecular formula is C38H56O6Si2. The van der Waals surface area contributed by atoms with Crippen LogP contribution in [0.4, 0.5) is 0 Å². The first-order valence-corrected chi connectivity index (χ1v) is 21.1. The van der Waals surface area contributed by atoms with Crippen LogP contribution in [0.2, 0.25) is 23.2 Å². The van der Waals surface area contributed by atoms with Gasteiger partial charge in [-0.3, -0.25) is 4.79 Å². The minimum absolute atomic E-state index is 0.0594. The Morgan fingerprint density at radius 2 is 1.41 bits per heavy atom. The maximum atomic E-state index is 13.6. The topological polar surface area (TPSA) is 71.1 Å². The minimum Gasteiger partial charge on any atom is -0.466 e. The molecule has 1 aliphatic carbocycles. The first kappa shape index (κ1) is 37.7. The number of carbonyl (C=O) groups is 2. The average molecular weight is 665 g/mol. The Morgan fingerprint density at radius 3 is 1.85 bits per heavy atom. The van der Waals surface area contributed by atoms with Crippen LogP contribution in [0.5, 0.6) is 0 Å². The summed E-state index contributed by atoms with van der Waals surface area (Å²) in [5, 5.41) is 2.27. The molecule has 0 bridgehead atoms. The fourth-order valence-electron chi connectivity index (χ4n) is 6.42. The fraction of sp³-hybridized carbons (Fsp3) is 0.526. The molecule has 0 saturated heterocycles. The van der Waals surface area contributed by atoms with Crippen molar-refractivity contribution in [3.05, 3.63) is 84.5 Å². The molecule has 3 atom stereocenters. The maximum absolute atomic E-state index is 13.6. The summed E-state index contributed by atoms with van der Waals surface area (Å²) in [5.41, 5.74) is -1.50. The van der Waals surface area contributed by atoms with Gasteiger partial charge in [0.2, 0.25) is 5.60 Å². The van der Waals surface area contributed by atoms with Gasteiger partial charge in [-0.25, -0.2) is 4.79 Å². The van der Waals surface area contributed by atoms with E-state index in [4.69, 9.17) is 18.3 Å². The molecule has 0 aliphatic heterocycles. The van der Waals surface area contributed by atoms with Gasteiger partial charge in [-0.15, -0.1) is 0 Å². The molecule has 0 heterocycles. The molecule has 46 heavy (non-hydrogen) atoms. The highest BCUT2D eigenvalue weighted by atomic mass is 28.4. The quantitative estimate of drug-likeness (QED) is 0.140. The number of rotatable bonds is 11. The monoisotopic (exact) mass is 664 g/mol. The molecule has 0 unspecified atom stereocenters. The summed E-state index contributed by atoms with van der Waals surface area (Å²) in [6.07, 6.45) is 6.24. The van der Waals surface area contributed by atoms with E-state index in [1.165, 1.54) is 24.4 Å². The first-order chi connectivity index (χ1) is 21.3. The second kappa shape index (κ2) is 14.1. The third kappa shape index (κ3) is 7.51. The molecule has 0 N–H and O–H groups in total. The summed E-state index contributed by atoms with van der Waals surface area (Å²) in [4.78, 5) is 26.2. The van der Waals surface area contributed by atoms with E-state index < -0.39 is 39.6 Å². The molecule has 3 rings (SSSR count). The van der Waals surface area contributed by atoms with Gasteiger partial charge in [0.05, 0.1) is 25.7 Å². The van der Waals surface area contributed by atoms with Gasteiger partial charge in [0.1, 0.15) is 0 Å². The zero-order valence-corrected chi connectivity index (χ0v) is 32.2. The summed E-state index contributed by atoms with van der Waals surface area (Å²) in [6, 6.07) is 21.1. The van der Waals surface area contributed by atoms with Crippen LogP contribution in [-0.4, -0.2) is 54.5 Å². The number of hydrogen-bond acceptors (Lipinski definition) is 6. The molecule has 0 saturated carbocycles. The van der Waals surface area contributed by atoms with E-state index in [9.17, 15) is 9.59 Å². The summed E-state index contributed by atoms with van der Waals surface area (Å²) in [7, 11) is -3.49. The van der Waals surface area contributed by atoms with Crippen molar-refractivity contribution in [1.29, 1.82) is 0 Å². The third-order valence-electron chi connectivity index (χ3n) is 10.1. The van der Waals surface area contributed by atoms with Crippen LogP contribution < -0.4 is 10.4 Å². The molecule has 0 amide bonds. The van der Waals surface area contributed by atoms with Crippen LogP contribution in [0.1, 0.15) is 68.7 Å². The molecule has 8 heteroatoms. The summed E-state index contributed by atoms with van der Waals surface area (Å²) >= 11 is 0. The maximum Gasteiger partial charge on any atom is 0.351 e. The number of methoxy groups -OCH3 is 1. The van der Waals surface area contributed by atoms with Gasteiger partial charge < -0.3 is 18.3 Å². The summed E-state index contributed by atoms with van der Waals surface area (Å²) < 4.78 is 25.1. The van der Waals surface area contributed by atoms with Crippen molar-refractivity contribution in [2.45, 2.75) is 97.5 Å². The molecule has 0 aromatic heterocycles. The highest BCUT2D eigenvalue weighted by Gasteiger charge is 2.59. The van der Waals surface area contributed by atoms with Crippen LogP contribution in [0, 0.1) is 11.3 Å². The molecular weight excluding hydrogens is 609 g/mol. The number of benzene rings is 2. The van der Waals surface area contributed by atoms with Gasteiger partial charge in [-0.05, 0) is 52.0 Å². The molecule has 0 radical (unpaired) electrons. The Hall–Kier alpha value is -2.79. The van der Waals surface area contributed by atoms with Crippen LogP contribution in [0.3, 0.4) is 0 Å². The molecule has 1 aliphatic rings. The van der Waals surface area contributed by atoms with E-state index in [0.29, 0.717) is 13.2 Å². The van der Waals surface area contributed by atoms with Gasteiger partial charge in [-0.2, -0.15) is 0 Å². The van der Waals surface area contributed by atoms with Crippen molar-refractivity contribution < 1.29 is 27.9 Å². The van der Waals surface area contributed by atoms with Crippen molar-refractivity contribution in [3.63, 3.8) is 0 Å². The largest absolute Gasteiger partial charge is 0.466 e. The number of carbonyl (C=O) groups excluding carboxylic acids is 2. The predicted molar refractivity (Wildman–Crippen MR) is 192 cm³/mol. The second-order valence-electron chi connectivity index (χ2n) is 15.4. The lowest BCUT2D eigenvalue weighted by Crippen LogP contribution is -2.67. The average Bonchev–Trinajstić information content (AvgIpc) is 2.97. The van der Waals surface area contributed by atoms with Crippen LogP contribution in [0.15, 0.2) is 84.5 Å². The van der Waals surface area contributed by atoms with Crippen molar-refractivity contribution in [2.75, 3.05) is 20.3 Å². The van der Waals surface area contributed by atoms with Gasteiger partial charge in [0.25, 0.3) is 8.32 Å². The van der Waals surface area contributed by atoms with Gasteiger partial charge >= 0.3 is 11.9 Å². The molecule has 2 aromatic carbocycles. The highest BCUT2D eigenvalue weighted by Crippen LogP contribution is 2.50. The normalized spacial score (nSPS) is 22.8. The molecule has 0 spiro atoms. The fourth-order valence-corrected chi connectivity index (χ4v) is 11.9. The third-order valence-corrected chi connectivity index (χ3v) is 19.6.